The molecule has 100 valence electrons. The van der Waals surface area contributed by atoms with Crippen molar-refractivity contribution in [1.29, 1.82) is 0 Å². The van der Waals surface area contributed by atoms with Crippen LogP contribution in [0.2, 0.25) is 0 Å². The van der Waals surface area contributed by atoms with E-state index in [4.69, 9.17) is 10.2 Å². The number of aliphatic carboxylic acids is 1. The molecule has 0 aliphatic carbocycles. The third-order valence-electron chi connectivity index (χ3n) is 2.90. The van der Waals surface area contributed by atoms with Gasteiger partial charge in [0.1, 0.15) is 0 Å². The second kappa shape index (κ2) is 8.06. The van der Waals surface area contributed by atoms with Crippen LogP contribution >= 0.6 is 0 Å². The Bertz CT molecular complexity index is 249. The fraction of sp³-hybridized carbons (Fsp3) is 0.833. The summed E-state index contributed by atoms with van der Waals surface area (Å²) < 4.78 is 0. The third kappa shape index (κ3) is 4.73. The van der Waals surface area contributed by atoms with Crippen molar-refractivity contribution in [1.82, 2.24) is 4.90 Å². The van der Waals surface area contributed by atoms with E-state index in [9.17, 15) is 9.59 Å². The minimum Gasteiger partial charge on any atom is -0.480 e. The Hall–Kier alpha value is -1.10. The van der Waals surface area contributed by atoms with Crippen molar-refractivity contribution < 1.29 is 19.8 Å². The number of aliphatic hydroxyl groups excluding tert-OH is 1. The van der Waals surface area contributed by atoms with Gasteiger partial charge in [0.15, 0.2) is 6.04 Å². The van der Waals surface area contributed by atoms with Crippen LogP contribution in [0.4, 0.5) is 0 Å². The monoisotopic (exact) mass is 245 g/mol. The molecule has 0 aromatic heterocycles. The smallest absolute Gasteiger partial charge is 0.328 e. The van der Waals surface area contributed by atoms with E-state index in [-0.39, 0.29) is 11.8 Å². The second-order valence-corrected chi connectivity index (χ2v) is 4.26. The average molecular weight is 245 g/mol. The minimum atomic E-state index is -1.17. The summed E-state index contributed by atoms with van der Waals surface area (Å²) in [7, 11) is 1.44. The molecule has 0 aliphatic heterocycles. The quantitative estimate of drug-likeness (QED) is 0.671. The van der Waals surface area contributed by atoms with E-state index in [1.165, 1.54) is 7.05 Å². The molecule has 5 nitrogen and oxygen atoms in total. The van der Waals surface area contributed by atoms with Crippen LogP contribution in [0.1, 0.15) is 39.5 Å². The highest BCUT2D eigenvalue weighted by Crippen LogP contribution is 2.17. The fourth-order valence-corrected chi connectivity index (χ4v) is 1.90. The third-order valence-corrected chi connectivity index (χ3v) is 2.90. The van der Waals surface area contributed by atoms with Crippen molar-refractivity contribution >= 4 is 11.9 Å². The molecule has 17 heavy (non-hydrogen) atoms. The molecule has 0 radical (unpaired) electrons. The van der Waals surface area contributed by atoms with Gasteiger partial charge in [0, 0.05) is 13.0 Å². The molecule has 1 atom stereocenters. The number of carbonyl (C=O) groups excluding carboxylic acids is 1. The van der Waals surface area contributed by atoms with Crippen molar-refractivity contribution in [2.24, 2.45) is 5.92 Å². The van der Waals surface area contributed by atoms with E-state index in [0.717, 1.165) is 30.6 Å². The second-order valence-electron chi connectivity index (χ2n) is 4.26. The lowest BCUT2D eigenvalue weighted by Crippen LogP contribution is -2.47. The van der Waals surface area contributed by atoms with Crippen LogP contribution in [-0.4, -0.2) is 46.7 Å². The first-order valence-corrected chi connectivity index (χ1v) is 6.09. The van der Waals surface area contributed by atoms with Gasteiger partial charge in [-0.2, -0.15) is 0 Å². The molecular weight excluding hydrogens is 222 g/mol. The van der Waals surface area contributed by atoms with Crippen molar-refractivity contribution in [3.8, 4) is 0 Å². The zero-order chi connectivity index (χ0) is 13.4. The van der Waals surface area contributed by atoms with Gasteiger partial charge in [-0.1, -0.05) is 26.7 Å². The minimum absolute atomic E-state index is 0.136. The highest BCUT2D eigenvalue weighted by Gasteiger charge is 2.29. The summed E-state index contributed by atoms with van der Waals surface area (Å²) in [6, 6.07) is -1.14. The van der Waals surface area contributed by atoms with Gasteiger partial charge in [0.05, 0.1) is 6.61 Å². The zero-order valence-electron chi connectivity index (χ0n) is 10.8. The molecule has 0 aliphatic rings. The van der Waals surface area contributed by atoms with Crippen molar-refractivity contribution in [2.75, 3.05) is 13.7 Å². The van der Waals surface area contributed by atoms with E-state index >= 15 is 0 Å². The fourth-order valence-electron chi connectivity index (χ4n) is 1.90. The predicted octanol–water partition coefficient (Wildman–Crippen LogP) is 1.11. The van der Waals surface area contributed by atoms with E-state index in [2.05, 4.69) is 0 Å². The van der Waals surface area contributed by atoms with E-state index in [0.29, 0.717) is 0 Å². The number of rotatable bonds is 8. The number of hydrogen-bond acceptors (Lipinski definition) is 3. The molecule has 0 saturated heterocycles. The molecule has 2 N–H and O–H groups in total. The number of amides is 1. The van der Waals surface area contributed by atoms with E-state index < -0.39 is 18.6 Å². The number of nitrogens with zero attached hydrogens (tertiary/aromatic N) is 1. The van der Waals surface area contributed by atoms with Crippen LogP contribution in [0, 0.1) is 5.92 Å². The van der Waals surface area contributed by atoms with Gasteiger partial charge < -0.3 is 15.1 Å². The normalized spacial score (nSPS) is 12.5. The number of carboxylic acids is 1. The van der Waals surface area contributed by atoms with Gasteiger partial charge in [-0.3, -0.25) is 4.79 Å². The SMILES string of the molecule is CCCC(CCC)C(=O)N(C)[C@@H](CO)C(=O)O. The first-order valence-electron chi connectivity index (χ1n) is 6.09. The summed E-state index contributed by atoms with van der Waals surface area (Å²) in [6.45, 7) is 3.44. The maximum absolute atomic E-state index is 12.1. The predicted molar refractivity (Wildman–Crippen MR) is 64.6 cm³/mol. The molecule has 0 aromatic rings. The Morgan fingerprint density at radius 3 is 1.94 bits per heavy atom. The van der Waals surface area contributed by atoms with Crippen molar-refractivity contribution in [2.45, 2.75) is 45.6 Å². The highest BCUT2D eigenvalue weighted by molar-refractivity contribution is 5.84. The molecule has 0 bridgehead atoms. The molecule has 0 rings (SSSR count). The Morgan fingerprint density at radius 1 is 1.18 bits per heavy atom. The zero-order valence-corrected chi connectivity index (χ0v) is 10.8. The van der Waals surface area contributed by atoms with Crippen LogP contribution in [0.25, 0.3) is 0 Å². The molecular formula is C12H23NO4. The molecule has 0 saturated carbocycles. The number of carbonyl (C=O) groups is 2. The maximum Gasteiger partial charge on any atom is 0.328 e. The van der Waals surface area contributed by atoms with E-state index in [1.807, 2.05) is 13.8 Å². The summed E-state index contributed by atoms with van der Waals surface area (Å²) >= 11 is 0. The van der Waals surface area contributed by atoms with Gasteiger partial charge >= 0.3 is 5.97 Å². The number of carboxylic acid groups (broad SMARTS) is 1. The van der Waals surface area contributed by atoms with Crippen molar-refractivity contribution in [3.05, 3.63) is 0 Å². The molecule has 0 unspecified atom stereocenters. The Labute approximate surface area is 102 Å². The Morgan fingerprint density at radius 2 is 1.65 bits per heavy atom. The lowest BCUT2D eigenvalue weighted by Gasteiger charge is -2.27. The summed E-state index contributed by atoms with van der Waals surface area (Å²) in [5.74, 6) is -1.49. The number of hydrogen-bond donors (Lipinski definition) is 2. The van der Waals surface area contributed by atoms with Crippen LogP contribution in [-0.2, 0) is 9.59 Å². The van der Waals surface area contributed by atoms with Crippen molar-refractivity contribution in [3.63, 3.8) is 0 Å². The van der Waals surface area contributed by atoms with Crippen LogP contribution < -0.4 is 0 Å². The summed E-state index contributed by atoms with van der Waals surface area (Å²) in [5.41, 5.74) is 0. The first-order chi connectivity index (χ1) is 7.99. The first kappa shape index (κ1) is 15.9. The van der Waals surface area contributed by atoms with Gasteiger partial charge in [-0.25, -0.2) is 4.79 Å². The molecule has 0 aromatic carbocycles. The van der Waals surface area contributed by atoms with Gasteiger partial charge in [0.2, 0.25) is 5.91 Å². The Kier molecular flexibility index (Phi) is 7.54. The largest absolute Gasteiger partial charge is 0.480 e. The number of aliphatic hydroxyl groups is 1. The molecule has 0 heterocycles. The molecule has 1 amide bonds. The van der Waals surface area contributed by atoms with Gasteiger partial charge in [-0.05, 0) is 12.8 Å². The van der Waals surface area contributed by atoms with Gasteiger partial charge in [-0.15, -0.1) is 0 Å². The van der Waals surface area contributed by atoms with Crippen LogP contribution in [0.15, 0.2) is 0 Å². The van der Waals surface area contributed by atoms with Crippen LogP contribution in [0.5, 0.6) is 0 Å². The standard InChI is InChI=1S/C12H23NO4/c1-4-6-9(7-5-2)11(15)13(3)10(8-14)12(16)17/h9-10,14H,4-8H2,1-3H3,(H,16,17)/t10-/m0/s1. The average Bonchev–Trinajstić information content (AvgIpc) is 2.28. The highest BCUT2D eigenvalue weighted by atomic mass is 16.4. The summed E-state index contributed by atoms with van der Waals surface area (Å²) in [5, 5.41) is 17.9. The molecule has 5 heteroatoms. The summed E-state index contributed by atoms with van der Waals surface area (Å²) in [4.78, 5) is 24.1. The lowest BCUT2D eigenvalue weighted by molar-refractivity contribution is -0.152. The molecule has 0 fully saturated rings. The molecule has 0 spiro atoms. The summed E-state index contributed by atoms with van der Waals surface area (Å²) in [6.07, 6.45) is 3.30. The topological polar surface area (TPSA) is 77.8 Å². The maximum atomic E-state index is 12.1. The lowest BCUT2D eigenvalue weighted by atomic mass is 9.96. The van der Waals surface area contributed by atoms with E-state index in [1.54, 1.807) is 0 Å². The Balaban J connectivity index is 4.67. The van der Waals surface area contributed by atoms with Crippen LogP contribution in [0.3, 0.4) is 0 Å². The van der Waals surface area contributed by atoms with Gasteiger partial charge in [0.25, 0.3) is 0 Å². The number of likely N-dealkylation sites (N-methyl/N-ethyl adjacent to an activating group) is 1.